The van der Waals surface area contributed by atoms with Crippen molar-refractivity contribution >= 4 is 29.0 Å². The van der Waals surface area contributed by atoms with Crippen LogP contribution in [0, 0.1) is 0 Å². The third kappa shape index (κ3) is 5.71. The lowest BCUT2D eigenvalue weighted by Crippen LogP contribution is -2.43. The van der Waals surface area contributed by atoms with Crippen LogP contribution in [0.1, 0.15) is 16.8 Å². The number of hydrogen-bond acceptors (Lipinski definition) is 5. The van der Waals surface area contributed by atoms with Gasteiger partial charge in [-0.25, -0.2) is 0 Å². The standard InChI is InChI=1S/C14H21ClN4O2/c1-19(2)6-5-18-14(21)12(17)8-13(20)10-4-3-9(15)7-11(10)16/h3-4,7,12H,5-6,8,16-17H2,1-2H3,(H,18,21). The van der Waals surface area contributed by atoms with Gasteiger partial charge in [0.05, 0.1) is 6.04 Å². The van der Waals surface area contributed by atoms with Gasteiger partial charge in [0.1, 0.15) is 0 Å². The van der Waals surface area contributed by atoms with Gasteiger partial charge in [-0.1, -0.05) is 11.6 Å². The van der Waals surface area contributed by atoms with E-state index in [-0.39, 0.29) is 23.8 Å². The molecule has 0 saturated carbocycles. The van der Waals surface area contributed by atoms with E-state index in [9.17, 15) is 9.59 Å². The summed E-state index contributed by atoms with van der Waals surface area (Å²) in [7, 11) is 3.80. The number of nitrogens with one attached hydrogen (secondary N) is 1. The fourth-order valence-corrected chi connectivity index (χ4v) is 1.90. The Morgan fingerprint density at radius 1 is 1.38 bits per heavy atom. The largest absolute Gasteiger partial charge is 0.398 e. The Hall–Kier alpha value is -1.63. The number of hydrogen-bond donors (Lipinski definition) is 3. The third-order valence-corrected chi connectivity index (χ3v) is 3.15. The molecule has 21 heavy (non-hydrogen) atoms. The second-order valence-corrected chi connectivity index (χ2v) is 5.50. The van der Waals surface area contributed by atoms with Gasteiger partial charge >= 0.3 is 0 Å². The van der Waals surface area contributed by atoms with Crippen molar-refractivity contribution < 1.29 is 9.59 Å². The molecule has 0 radical (unpaired) electrons. The van der Waals surface area contributed by atoms with Crippen molar-refractivity contribution in [3.05, 3.63) is 28.8 Å². The first-order valence-corrected chi connectivity index (χ1v) is 6.95. The molecule has 1 rings (SSSR count). The number of likely N-dealkylation sites (N-methyl/N-ethyl adjacent to an activating group) is 1. The average Bonchev–Trinajstić information content (AvgIpc) is 2.37. The molecule has 0 aliphatic heterocycles. The Kier molecular flexibility index (Phi) is 6.61. The third-order valence-electron chi connectivity index (χ3n) is 2.91. The molecule has 0 saturated heterocycles. The molecule has 1 aromatic rings. The summed E-state index contributed by atoms with van der Waals surface area (Å²) in [5.74, 6) is -0.628. The number of anilines is 1. The van der Waals surface area contributed by atoms with Crippen molar-refractivity contribution in [3.63, 3.8) is 0 Å². The Labute approximate surface area is 129 Å². The molecule has 0 aliphatic rings. The number of nitrogens with zero attached hydrogens (tertiary/aromatic N) is 1. The van der Waals surface area contributed by atoms with Crippen molar-refractivity contribution in [3.8, 4) is 0 Å². The van der Waals surface area contributed by atoms with Crippen LogP contribution in [0.3, 0.4) is 0 Å². The highest BCUT2D eigenvalue weighted by Crippen LogP contribution is 2.19. The minimum absolute atomic E-state index is 0.0976. The summed E-state index contributed by atoms with van der Waals surface area (Å²) in [6.07, 6.45) is -0.0976. The van der Waals surface area contributed by atoms with Crippen LogP contribution >= 0.6 is 11.6 Å². The molecule has 0 aromatic heterocycles. The van der Waals surface area contributed by atoms with Crippen molar-refractivity contribution in [1.29, 1.82) is 0 Å². The van der Waals surface area contributed by atoms with Gasteiger partial charge in [-0.2, -0.15) is 0 Å². The van der Waals surface area contributed by atoms with Crippen molar-refractivity contribution in [1.82, 2.24) is 10.2 Å². The molecule has 116 valence electrons. The van der Waals surface area contributed by atoms with Gasteiger partial charge in [0.15, 0.2) is 5.78 Å². The second-order valence-electron chi connectivity index (χ2n) is 5.06. The molecule has 5 N–H and O–H groups in total. The monoisotopic (exact) mass is 312 g/mol. The molecule has 0 aliphatic carbocycles. The lowest BCUT2D eigenvalue weighted by atomic mass is 10.0. The van der Waals surface area contributed by atoms with Gasteiger partial charge in [0.2, 0.25) is 5.91 Å². The van der Waals surface area contributed by atoms with E-state index in [0.717, 1.165) is 0 Å². The number of amides is 1. The Morgan fingerprint density at radius 2 is 2.05 bits per heavy atom. The summed E-state index contributed by atoms with van der Waals surface area (Å²) in [4.78, 5) is 25.8. The highest BCUT2D eigenvalue weighted by atomic mass is 35.5. The van der Waals surface area contributed by atoms with Crippen LogP contribution in [0.15, 0.2) is 18.2 Å². The maximum Gasteiger partial charge on any atom is 0.237 e. The van der Waals surface area contributed by atoms with Crippen molar-refractivity contribution in [2.45, 2.75) is 12.5 Å². The summed E-state index contributed by atoms with van der Waals surface area (Å²) >= 11 is 5.78. The molecule has 6 nitrogen and oxygen atoms in total. The number of carbonyl (C=O) groups is 2. The van der Waals surface area contributed by atoms with Crippen LogP contribution in [-0.4, -0.2) is 49.8 Å². The predicted octanol–water partition coefficient (Wildman–Crippen LogP) is 0.500. The second kappa shape index (κ2) is 7.97. The topological polar surface area (TPSA) is 101 Å². The number of nitrogens with two attached hydrogens (primary N) is 2. The van der Waals surface area contributed by atoms with Crippen LogP contribution in [0.25, 0.3) is 0 Å². The number of ketones is 1. The highest BCUT2D eigenvalue weighted by molar-refractivity contribution is 6.31. The normalized spacial score (nSPS) is 12.2. The number of nitrogen functional groups attached to an aromatic ring is 1. The van der Waals surface area contributed by atoms with Crippen LogP contribution in [0.2, 0.25) is 5.02 Å². The summed E-state index contributed by atoms with van der Waals surface area (Å²) in [6, 6.07) is 3.72. The van der Waals surface area contributed by atoms with Gasteiger partial charge in [-0.05, 0) is 32.3 Å². The maximum absolute atomic E-state index is 12.1. The van der Waals surface area contributed by atoms with E-state index in [2.05, 4.69) is 5.32 Å². The zero-order chi connectivity index (χ0) is 16.0. The first-order valence-electron chi connectivity index (χ1n) is 6.57. The molecule has 0 spiro atoms. The molecule has 7 heteroatoms. The number of rotatable bonds is 7. The molecule has 1 atom stereocenters. The van der Waals surface area contributed by atoms with Crippen LogP contribution in [0.5, 0.6) is 0 Å². The zero-order valence-electron chi connectivity index (χ0n) is 12.2. The number of halogens is 1. The minimum atomic E-state index is -0.894. The summed E-state index contributed by atoms with van der Waals surface area (Å²) in [6.45, 7) is 1.19. The molecule has 0 bridgehead atoms. The van der Waals surface area contributed by atoms with E-state index in [4.69, 9.17) is 23.1 Å². The average molecular weight is 313 g/mol. The fraction of sp³-hybridized carbons (Fsp3) is 0.429. The van der Waals surface area contributed by atoms with Gasteiger partial charge in [0.25, 0.3) is 0 Å². The highest BCUT2D eigenvalue weighted by Gasteiger charge is 2.19. The van der Waals surface area contributed by atoms with Crippen LogP contribution in [0.4, 0.5) is 5.69 Å². The van der Waals surface area contributed by atoms with E-state index < -0.39 is 6.04 Å². The molecule has 0 fully saturated rings. The molecule has 1 aromatic carbocycles. The molecule has 0 heterocycles. The van der Waals surface area contributed by atoms with Crippen LogP contribution < -0.4 is 16.8 Å². The predicted molar refractivity (Wildman–Crippen MR) is 84.4 cm³/mol. The van der Waals surface area contributed by atoms with Gasteiger partial charge in [-0.15, -0.1) is 0 Å². The number of benzene rings is 1. The first kappa shape index (κ1) is 17.4. The first-order chi connectivity index (χ1) is 9.81. The van der Waals surface area contributed by atoms with Crippen LogP contribution in [-0.2, 0) is 4.79 Å². The smallest absolute Gasteiger partial charge is 0.237 e. The van der Waals surface area contributed by atoms with E-state index in [0.29, 0.717) is 23.7 Å². The Balaban J connectivity index is 2.55. The Bertz CT molecular complexity index is 520. The lowest BCUT2D eigenvalue weighted by molar-refractivity contribution is -0.122. The minimum Gasteiger partial charge on any atom is -0.398 e. The van der Waals surface area contributed by atoms with E-state index in [1.165, 1.54) is 12.1 Å². The maximum atomic E-state index is 12.1. The molecular weight excluding hydrogens is 292 g/mol. The summed E-state index contributed by atoms with van der Waals surface area (Å²) < 4.78 is 0. The summed E-state index contributed by atoms with van der Waals surface area (Å²) in [5.41, 5.74) is 12.1. The van der Waals surface area contributed by atoms with E-state index in [1.54, 1.807) is 6.07 Å². The quantitative estimate of drug-likeness (QED) is 0.503. The SMILES string of the molecule is CN(C)CCNC(=O)C(N)CC(=O)c1ccc(Cl)cc1N. The number of Topliss-reactive ketones (excluding diaryl/α,β-unsaturated/α-hetero) is 1. The molecule has 1 unspecified atom stereocenters. The zero-order valence-corrected chi connectivity index (χ0v) is 13.0. The Morgan fingerprint density at radius 3 is 2.62 bits per heavy atom. The fourth-order valence-electron chi connectivity index (χ4n) is 1.72. The van der Waals surface area contributed by atoms with Gasteiger partial charge in [-0.3, -0.25) is 9.59 Å². The van der Waals surface area contributed by atoms with E-state index >= 15 is 0 Å². The lowest BCUT2D eigenvalue weighted by Gasteiger charge is -2.14. The molecule has 1 amide bonds. The van der Waals surface area contributed by atoms with E-state index in [1.807, 2.05) is 19.0 Å². The van der Waals surface area contributed by atoms with Gasteiger partial charge in [0, 0.05) is 35.8 Å². The number of carbonyl (C=O) groups excluding carboxylic acids is 2. The summed E-state index contributed by atoms with van der Waals surface area (Å²) in [5, 5.41) is 3.14. The van der Waals surface area contributed by atoms with Crippen molar-refractivity contribution in [2.24, 2.45) is 5.73 Å². The van der Waals surface area contributed by atoms with Gasteiger partial charge < -0.3 is 21.7 Å². The van der Waals surface area contributed by atoms with Crippen molar-refractivity contribution in [2.75, 3.05) is 32.9 Å². The molecular formula is C14H21ClN4O2.